The van der Waals surface area contributed by atoms with Crippen LogP contribution in [0.4, 0.5) is 13.2 Å². The van der Waals surface area contributed by atoms with Gasteiger partial charge in [0.05, 0.1) is 0 Å². The van der Waals surface area contributed by atoms with Crippen LogP contribution in [0.5, 0.6) is 0 Å². The normalized spacial score (nSPS) is 12.5. The van der Waals surface area contributed by atoms with Gasteiger partial charge in [0.1, 0.15) is 0 Å². The first kappa shape index (κ1) is 21.8. The van der Waals surface area contributed by atoms with Crippen LogP contribution >= 0.6 is 0 Å². The van der Waals surface area contributed by atoms with Crippen molar-refractivity contribution in [1.82, 2.24) is 0 Å². The second-order valence-corrected chi connectivity index (χ2v) is 8.13. The average Bonchev–Trinajstić information content (AvgIpc) is 3.64. The molecule has 0 radical (unpaired) electrons. The van der Waals surface area contributed by atoms with Crippen LogP contribution in [-0.4, -0.2) is 0 Å². The monoisotopic (exact) mass is 428 g/mol. The summed E-state index contributed by atoms with van der Waals surface area (Å²) in [5.74, 6) is 8.68. The Bertz CT molecular complexity index is 1220. The van der Waals surface area contributed by atoms with Crippen LogP contribution in [-0.2, 0) is 6.42 Å². The minimum Gasteiger partial charge on any atom is -0.204 e. The molecule has 0 atom stereocenters. The second-order valence-electron chi connectivity index (χ2n) is 8.13. The number of unbranched alkanes of at least 4 members (excludes halogenated alkanes) is 1. The van der Waals surface area contributed by atoms with E-state index in [0.717, 1.165) is 53.6 Å². The third-order valence-electron chi connectivity index (χ3n) is 5.52. The van der Waals surface area contributed by atoms with Gasteiger partial charge >= 0.3 is 0 Å². The summed E-state index contributed by atoms with van der Waals surface area (Å²) in [4.78, 5) is 0. The van der Waals surface area contributed by atoms with Gasteiger partial charge in [-0.3, -0.25) is 0 Å². The van der Waals surface area contributed by atoms with E-state index in [1.54, 1.807) is 0 Å². The molecule has 160 valence electrons. The zero-order valence-electron chi connectivity index (χ0n) is 17.9. The van der Waals surface area contributed by atoms with Crippen LogP contribution in [0.2, 0.25) is 0 Å². The highest BCUT2D eigenvalue weighted by molar-refractivity contribution is 5.53. The molecule has 3 aromatic carbocycles. The van der Waals surface area contributed by atoms with Crippen LogP contribution in [0, 0.1) is 41.1 Å². The third-order valence-corrected chi connectivity index (χ3v) is 5.52. The number of aryl methyl sites for hydroxylation is 1. The van der Waals surface area contributed by atoms with Gasteiger partial charge in [0.25, 0.3) is 0 Å². The molecular weight excluding hydrogens is 405 g/mol. The van der Waals surface area contributed by atoms with Crippen molar-refractivity contribution in [2.45, 2.75) is 44.9 Å². The summed E-state index contributed by atoms with van der Waals surface area (Å²) in [6.07, 6.45) is 5.64. The Morgan fingerprint density at radius 3 is 2.03 bits per heavy atom. The van der Waals surface area contributed by atoms with Gasteiger partial charge in [-0.25, -0.2) is 13.2 Å². The van der Waals surface area contributed by atoms with Crippen LogP contribution in [0.3, 0.4) is 0 Å². The number of benzene rings is 3. The quantitative estimate of drug-likeness (QED) is 0.306. The molecule has 1 fully saturated rings. The fourth-order valence-corrected chi connectivity index (χ4v) is 3.53. The summed E-state index contributed by atoms with van der Waals surface area (Å²) in [5, 5.41) is 0. The van der Waals surface area contributed by atoms with E-state index in [2.05, 4.69) is 60.9 Å². The van der Waals surface area contributed by atoms with Crippen molar-refractivity contribution in [1.29, 1.82) is 0 Å². The van der Waals surface area contributed by atoms with Gasteiger partial charge in [0.15, 0.2) is 17.5 Å². The number of halogens is 3. The van der Waals surface area contributed by atoms with Crippen LogP contribution in [0.25, 0.3) is 0 Å². The zero-order chi connectivity index (χ0) is 22.5. The molecule has 1 saturated carbocycles. The van der Waals surface area contributed by atoms with E-state index in [1.165, 1.54) is 18.4 Å². The topological polar surface area (TPSA) is 0 Å². The van der Waals surface area contributed by atoms with Crippen molar-refractivity contribution in [2.75, 3.05) is 0 Å². The smallest absolute Gasteiger partial charge is 0.194 e. The molecular formula is C29H23F3. The molecule has 4 rings (SSSR count). The molecule has 3 aromatic rings. The summed E-state index contributed by atoms with van der Waals surface area (Å²) in [5.41, 5.74) is 5.23. The van der Waals surface area contributed by atoms with Gasteiger partial charge in [0, 0.05) is 22.3 Å². The molecule has 0 aromatic heterocycles. The molecule has 3 heteroatoms. The first-order chi connectivity index (χ1) is 15.5. The highest BCUT2D eigenvalue weighted by Gasteiger charge is 2.25. The second kappa shape index (κ2) is 9.80. The minimum absolute atomic E-state index is 0.106. The van der Waals surface area contributed by atoms with Crippen molar-refractivity contribution >= 4 is 0 Å². The molecule has 0 nitrogen and oxygen atoms in total. The van der Waals surface area contributed by atoms with Gasteiger partial charge < -0.3 is 0 Å². The van der Waals surface area contributed by atoms with Crippen molar-refractivity contribution in [2.24, 2.45) is 0 Å². The fourth-order valence-electron chi connectivity index (χ4n) is 3.53. The molecule has 0 N–H and O–H groups in total. The lowest BCUT2D eigenvalue weighted by Gasteiger charge is -2.04. The largest absolute Gasteiger partial charge is 0.204 e. The van der Waals surface area contributed by atoms with Gasteiger partial charge in [-0.1, -0.05) is 49.2 Å². The van der Waals surface area contributed by atoms with Crippen molar-refractivity contribution < 1.29 is 13.2 Å². The summed E-state index contributed by atoms with van der Waals surface area (Å²) in [6.45, 7) is 2.19. The van der Waals surface area contributed by atoms with Crippen molar-refractivity contribution in [3.05, 3.63) is 105 Å². The molecule has 0 heterocycles. The Morgan fingerprint density at radius 1 is 0.750 bits per heavy atom. The maximum atomic E-state index is 13.4. The first-order valence-electron chi connectivity index (χ1n) is 10.9. The lowest BCUT2D eigenvalue weighted by atomic mass is 9.99. The number of hydrogen-bond donors (Lipinski definition) is 0. The average molecular weight is 428 g/mol. The molecule has 32 heavy (non-hydrogen) atoms. The van der Waals surface area contributed by atoms with Crippen LogP contribution < -0.4 is 0 Å². The maximum Gasteiger partial charge on any atom is 0.194 e. The van der Waals surface area contributed by atoms with E-state index in [9.17, 15) is 13.2 Å². The minimum atomic E-state index is -1.48. The van der Waals surface area contributed by atoms with Crippen molar-refractivity contribution in [3.8, 4) is 23.7 Å². The lowest BCUT2D eigenvalue weighted by Crippen LogP contribution is -1.92. The fraction of sp³-hybridized carbons (Fsp3) is 0.241. The standard InChI is InChI=1S/C29H23F3/c1-2-3-4-20-5-7-21(8-6-20)9-10-22-11-13-24(26(17-22)25-15-16-25)14-12-23-18-27(30)29(32)28(31)19-23/h5-8,11,13,17-19,25H,2-4,15-16H2,1H3. The molecule has 0 saturated heterocycles. The summed E-state index contributed by atoms with van der Waals surface area (Å²) < 4.78 is 40.0. The first-order valence-corrected chi connectivity index (χ1v) is 10.9. The Hall–Kier alpha value is -3.43. The lowest BCUT2D eigenvalue weighted by molar-refractivity contribution is 0.446. The predicted molar refractivity (Wildman–Crippen MR) is 122 cm³/mol. The number of rotatable bonds is 4. The van der Waals surface area contributed by atoms with E-state index in [-0.39, 0.29) is 5.56 Å². The van der Waals surface area contributed by atoms with E-state index in [1.807, 2.05) is 12.1 Å². The van der Waals surface area contributed by atoms with E-state index < -0.39 is 17.5 Å². The van der Waals surface area contributed by atoms with E-state index in [0.29, 0.717) is 5.92 Å². The zero-order valence-corrected chi connectivity index (χ0v) is 17.9. The van der Waals surface area contributed by atoms with Gasteiger partial charge in [-0.15, -0.1) is 0 Å². The predicted octanol–water partition coefficient (Wildman–Crippen LogP) is 7.12. The molecule has 1 aliphatic carbocycles. The highest BCUT2D eigenvalue weighted by Crippen LogP contribution is 2.41. The Morgan fingerprint density at radius 2 is 1.38 bits per heavy atom. The summed E-state index contributed by atoms with van der Waals surface area (Å²) in [6, 6.07) is 16.1. The molecule has 0 spiro atoms. The third kappa shape index (κ3) is 5.43. The Kier molecular flexibility index (Phi) is 6.67. The molecule has 0 aliphatic heterocycles. The van der Waals surface area contributed by atoms with E-state index in [4.69, 9.17) is 0 Å². The SMILES string of the molecule is CCCCc1ccc(C#Cc2ccc(C#Cc3cc(F)c(F)c(F)c3)c(C3CC3)c2)cc1. The Balaban J connectivity index is 1.56. The highest BCUT2D eigenvalue weighted by atomic mass is 19.2. The maximum absolute atomic E-state index is 13.4. The van der Waals surface area contributed by atoms with E-state index >= 15 is 0 Å². The molecule has 0 unspecified atom stereocenters. The van der Waals surface area contributed by atoms with Gasteiger partial charge in [-0.05, 0) is 85.2 Å². The van der Waals surface area contributed by atoms with Gasteiger partial charge in [0.2, 0.25) is 0 Å². The number of hydrogen-bond acceptors (Lipinski definition) is 0. The van der Waals surface area contributed by atoms with Gasteiger partial charge in [-0.2, -0.15) is 0 Å². The summed E-state index contributed by atoms with van der Waals surface area (Å²) in [7, 11) is 0. The summed E-state index contributed by atoms with van der Waals surface area (Å²) >= 11 is 0. The molecule has 0 amide bonds. The van der Waals surface area contributed by atoms with Crippen LogP contribution in [0.15, 0.2) is 54.6 Å². The van der Waals surface area contributed by atoms with Crippen molar-refractivity contribution in [3.63, 3.8) is 0 Å². The molecule has 1 aliphatic rings. The Labute approximate surface area is 187 Å². The van der Waals surface area contributed by atoms with Crippen LogP contribution in [0.1, 0.15) is 71.9 Å². The molecule has 0 bridgehead atoms.